The fourth-order valence-electron chi connectivity index (χ4n) is 1.83. The standard InChI is InChI=1S/C16H17O2/c1-12(2)18-16-11-7-5-9-14(16)13-8-4-6-10-15(13)17-3/h4-10,12H,1-3H3. The van der Waals surface area contributed by atoms with Crippen LogP contribution in [0.2, 0.25) is 0 Å². The largest absolute Gasteiger partial charge is 0.496 e. The average Bonchev–Trinajstić information content (AvgIpc) is 2.39. The summed E-state index contributed by atoms with van der Waals surface area (Å²) in [7, 11) is 1.68. The van der Waals surface area contributed by atoms with Crippen LogP contribution < -0.4 is 9.47 Å². The van der Waals surface area contributed by atoms with Crippen LogP contribution in [0, 0.1) is 6.07 Å². The zero-order valence-electron chi connectivity index (χ0n) is 10.9. The van der Waals surface area contributed by atoms with Gasteiger partial charge in [-0.2, -0.15) is 0 Å². The first-order valence-electron chi connectivity index (χ1n) is 6.03. The second-order valence-corrected chi connectivity index (χ2v) is 4.28. The predicted molar refractivity (Wildman–Crippen MR) is 73.0 cm³/mol. The van der Waals surface area contributed by atoms with Gasteiger partial charge in [0.2, 0.25) is 0 Å². The first-order valence-corrected chi connectivity index (χ1v) is 6.03. The van der Waals surface area contributed by atoms with Crippen LogP contribution >= 0.6 is 0 Å². The molecule has 0 atom stereocenters. The minimum absolute atomic E-state index is 0.122. The lowest BCUT2D eigenvalue weighted by atomic mass is 10.0. The van der Waals surface area contributed by atoms with Crippen LogP contribution in [0.15, 0.2) is 42.5 Å². The van der Waals surface area contributed by atoms with Crippen molar-refractivity contribution in [3.8, 4) is 22.6 Å². The molecule has 0 saturated carbocycles. The van der Waals surface area contributed by atoms with Gasteiger partial charge in [-0.1, -0.05) is 36.4 Å². The molecule has 2 nitrogen and oxygen atoms in total. The lowest BCUT2D eigenvalue weighted by Gasteiger charge is -2.15. The van der Waals surface area contributed by atoms with Gasteiger partial charge < -0.3 is 9.47 Å². The highest BCUT2D eigenvalue weighted by Gasteiger charge is 2.11. The van der Waals surface area contributed by atoms with Gasteiger partial charge in [-0.05, 0) is 19.9 Å². The first-order chi connectivity index (χ1) is 8.72. The molecule has 2 heteroatoms. The Kier molecular flexibility index (Phi) is 3.88. The maximum Gasteiger partial charge on any atom is 0.135 e. The van der Waals surface area contributed by atoms with E-state index in [0.29, 0.717) is 0 Å². The van der Waals surface area contributed by atoms with Gasteiger partial charge in [-0.15, -0.1) is 0 Å². The Bertz CT molecular complexity index is 518. The smallest absolute Gasteiger partial charge is 0.135 e. The molecule has 2 aromatic rings. The SMILES string of the molecule is COc1ccccc1-c1ccc[c]c1OC(C)C. The highest BCUT2D eigenvalue weighted by atomic mass is 16.5. The van der Waals surface area contributed by atoms with E-state index in [0.717, 1.165) is 22.6 Å². The van der Waals surface area contributed by atoms with E-state index in [1.807, 2.05) is 56.3 Å². The van der Waals surface area contributed by atoms with Gasteiger partial charge in [0.15, 0.2) is 0 Å². The van der Waals surface area contributed by atoms with Gasteiger partial charge in [0.25, 0.3) is 0 Å². The van der Waals surface area contributed by atoms with Crippen molar-refractivity contribution in [2.45, 2.75) is 20.0 Å². The van der Waals surface area contributed by atoms with E-state index in [4.69, 9.17) is 9.47 Å². The number of rotatable bonds is 4. The molecule has 93 valence electrons. The molecule has 0 aliphatic rings. The number of methoxy groups -OCH3 is 1. The minimum atomic E-state index is 0.122. The molecule has 2 aromatic carbocycles. The van der Waals surface area contributed by atoms with Crippen LogP contribution in [0.1, 0.15) is 13.8 Å². The van der Waals surface area contributed by atoms with Gasteiger partial charge in [-0.3, -0.25) is 0 Å². The van der Waals surface area contributed by atoms with Gasteiger partial charge >= 0.3 is 0 Å². The molecule has 1 radical (unpaired) electrons. The lowest BCUT2D eigenvalue weighted by Crippen LogP contribution is -2.06. The zero-order chi connectivity index (χ0) is 13.0. The van der Waals surface area contributed by atoms with Crippen LogP contribution in [0.3, 0.4) is 0 Å². The Morgan fingerprint density at radius 3 is 2.44 bits per heavy atom. The molecule has 0 fully saturated rings. The van der Waals surface area contributed by atoms with E-state index in [1.165, 1.54) is 0 Å². The molecule has 0 saturated heterocycles. The molecule has 0 aliphatic heterocycles. The van der Waals surface area contributed by atoms with Crippen molar-refractivity contribution >= 4 is 0 Å². The maximum absolute atomic E-state index is 5.79. The number of hydrogen-bond donors (Lipinski definition) is 0. The Morgan fingerprint density at radius 1 is 1.00 bits per heavy atom. The second kappa shape index (κ2) is 5.58. The maximum atomic E-state index is 5.79. The summed E-state index contributed by atoms with van der Waals surface area (Å²) in [5.74, 6) is 1.60. The summed E-state index contributed by atoms with van der Waals surface area (Å²) >= 11 is 0. The highest BCUT2D eigenvalue weighted by Crippen LogP contribution is 2.35. The number of para-hydroxylation sites is 2. The molecular formula is C16H17O2. The molecule has 0 unspecified atom stereocenters. The lowest BCUT2D eigenvalue weighted by molar-refractivity contribution is 0.243. The zero-order valence-corrected chi connectivity index (χ0v) is 10.9. The predicted octanol–water partition coefficient (Wildman–Crippen LogP) is 3.95. The van der Waals surface area contributed by atoms with Crippen molar-refractivity contribution in [2.24, 2.45) is 0 Å². The fourth-order valence-corrected chi connectivity index (χ4v) is 1.83. The molecule has 0 aromatic heterocycles. The number of hydrogen-bond acceptors (Lipinski definition) is 2. The van der Waals surface area contributed by atoms with E-state index >= 15 is 0 Å². The van der Waals surface area contributed by atoms with E-state index in [9.17, 15) is 0 Å². The van der Waals surface area contributed by atoms with Gasteiger partial charge in [0, 0.05) is 17.2 Å². The third-order valence-corrected chi connectivity index (χ3v) is 2.57. The molecule has 0 bridgehead atoms. The monoisotopic (exact) mass is 241 g/mol. The summed E-state index contributed by atoms with van der Waals surface area (Å²) < 4.78 is 11.2. The van der Waals surface area contributed by atoms with Crippen LogP contribution in [0.25, 0.3) is 11.1 Å². The second-order valence-electron chi connectivity index (χ2n) is 4.28. The van der Waals surface area contributed by atoms with Crippen molar-refractivity contribution < 1.29 is 9.47 Å². The van der Waals surface area contributed by atoms with Gasteiger partial charge in [0.05, 0.1) is 13.2 Å². The van der Waals surface area contributed by atoms with Crippen molar-refractivity contribution in [2.75, 3.05) is 7.11 Å². The van der Waals surface area contributed by atoms with Crippen molar-refractivity contribution in [1.82, 2.24) is 0 Å². The Morgan fingerprint density at radius 2 is 1.72 bits per heavy atom. The van der Waals surface area contributed by atoms with E-state index in [-0.39, 0.29) is 6.10 Å². The molecule has 0 heterocycles. The van der Waals surface area contributed by atoms with Crippen LogP contribution in [0.4, 0.5) is 0 Å². The topological polar surface area (TPSA) is 18.5 Å². The fraction of sp³-hybridized carbons (Fsp3) is 0.250. The summed E-state index contributed by atoms with van der Waals surface area (Å²) in [6, 6.07) is 16.9. The molecule has 2 rings (SSSR count). The molecule has 0 amide bonds. The average molecular weight is 241 g/mol. The Hall–Kier alpha value is -1.96. The Balaban J connectivity index is 2.49. The normalized spacial score (nSPS) is 10.4. The molecule has 18 heavy (non-hydrogen) atoms. The van der Waals surface area contributed by atoms with E-state index < -0.39 is 0 Å². The van der Waals surface area contributed by atoms with Crippen molar-refractivity contribution in [1.29, 1.82) is 0 Å². The Labute approximate surface area is 108 Å². The summed E-state index contributed by atoms with van der Waals surface area (Å²) in [5.41, 5.74) is 2.02. The number of ether oxygens (including phenoxy) is 2. The molecular weight excluding hydrogens is 224 g/mol. The molecule has 0 aliphatic carbocycles. The minimum Gasteiger partial charge on any atom is -0.496 e. The van der Waals surface area contributed by atoms with Crippen LogP contribution in [0.5, 0.6) is 11.5 Å². The van der Waals surface area contributed by atoms with E-state index in [1.54, 1.807) is 7.11 Å². The summed E-state index contributed by atoms with van der Waals surface area (Å²) in [6.45, 7) is 4.01. The third kappa shape index (κ3) is 2.65. The van der Waals surface area contributed by atoms with Crippen molar-refractivity contribution in [3.63, 3.8) is 0 Å². The third-order valence-electron chi connectivity index (χ3n) is 2.57. The van der Waals surface area contributed by atoms with Gasteiger partial charge in [0.1, 0.15) is 11.5 Å². The molecule has 0 N–H and O–H groups in total. The van der Waals surface area contributed by atoms with Crippen LogP contribution in [-0.2, 0) is 0 Å². The quantitative estimate of drug-likeness (QED) is 0.807. The summed E-state index contributed by atoms with van der Waals surface area (Å²) in [6.07, 6.45) is 0.122. The first kappa shape index (κ1) is 12.5. The van der Waals surface area contributed by atoms with Crippen LogP contribution in [-0.4, -0.2) is 13.2 Å². The van der Waals surface area contributed by atoms with Gasteiger partial charge in [-0.25, -0.2) is 0 Å². The molecule has 0 spiro atoms. The highest BCUT2D eigenvalue weighted by molar-refractivity contribution is 5.75. The van der Waals surface area contributed by atoms with Crippen molar-refractivity contribution in [3.05, 3.63) is 48.5 Å². The number of benzene rings is 2. The summed E-state index contributed by atoms with van der Waals surface area (Å²) in [4.78, 5) is 0. The van der Waals surface area contributed by atoms with E-state index in [2.05, 4.69) is 6.07 Å². The summed E-state index contributed by atoms with van der Waals surface area (Å²) in [5, 5.41) is 0.